The van der Waals surface area contributed by atoms with Gasteiger partial charge in [0.15, 0.2) is 0 Å². The predicted octanol–water partition coefficient (Wildman–Crippen LogP) is 5.47. The van der Waals surface area contributed by atoms with Gasteiger partial charge in [-0.05, 0) is 72.7 Å². The first-order chi connectivity index (χ1) is 19.7. The minimum atomic E-state index is -3.59. The second kappa shape index (κ2) is 14.9. The van der Waals surface area contributed by atoms with E-state index in [9.17, 15) is 18.4 Å². The number of nitriles is 1. The molecule has 0 spiro atoms. The van der Waals surface area contributed by atoms with Crippen molar-refractivity contribution < 1.29 is 37.3 Å². The number of carbonyl (C=O) groups excluding carboxylic acids is 2. The molecule has 3 aromatic carbocycles. The quantitative estimate of drug-likeness (QED) is 0.112. The zero-order valence-corrected chi connectivity index (χ0v) is 22.1. The number of halogens is 2. The van der Waals surface area contributed by atoms with Crippen molar-refractivity contribution in [2.24, 2.45) is 0 Å². The molecular weight excluding hydrogens is 536 g/mol. The van der Waals surface area contributed by atoms with E-state index in [2.05, 4.69) is 0 Å². The number of unbranched alkanes of at least 4 members (excludes halogenated alkanes) is 1. The van der Waals surface area contributed by atoms with Gasteiger partial charge in [0, 0.05) is 30.3 Å². The lowest BCUT2D eigenvalue weighted by Gasteiger charge is -2.18. The molecule has 214 valence electrons. The molecule has 0 aromatic heterocycles. The number of carbonyl (C=O) groups is 2. The number of benzene rings is 3. The van der Waals surface area contributed by atoms with Crippen LogP contribution in [0.2, 0.25) is 0 Å². The predicted molar refractivity (Wildman–Crippen MR) is 148 cm³/mol. The van der Waals surface area contributed by atoms with Crippen LogP contribution in [0.1, 0.15) is 40.7 Å². The van der Waals surface area contributed by atoms with Crippen LogP contribution in [0.5, 0.6) is 11.5 Å². The average Bonchev–Trinajstić information content (AvgIpc) is 2.94. The average molecular weight is 566 g/mol. The van der Waals surface area contributed by atoms with Crippen LogP contribution in [0.3, 0.4) is 0 Å². The maximum atomic E-state index is 14.6. The Morgan fingerprint density at radius 2 is 1.49 bits per heavy atom. The summed E-state index contributed by atoms with van der Waals surface area (Å²) >= 11 is 0. The van der Waals surface area contributed by atoms with Crippen LogP contribution in [0.25, 0.3) is 6.08 Å². The van der Waals surface area contributed by atoms with Gasteiger partial charge in [-0.25, -0.2) is 9.59 Å². The number of nitrogens with zero attached hydrogens (tertiary/aromatic N) is 1. The fourth-order valence-electron chi connectivity index (χ4n) is 3.43. The third-order valence-corrected chi connectivity index (χ3v) is 5.41. The number of nitrogen functional groups attached to an aromatic ring is 2. The van der Waals surface area contributed by atoms with E-state index >= 15 is 0 Å². The molecule has 0 atom stereocenters. The van der Waals surface area contributed by atoms with Crippen LogP contribution in [0, 0.1) is 11.3 Å². The van der Waals surface area contributed by atoms with Gasteiger partial charge in [-0.1, -0.05) is 12.1 Å². The van der Waals surface area contributed by atoms with Crippen molar-refractivity contribution in [3.05, 3.63) is 89.5 Å². The van der Waals surface area contributed by atoms with Crippen LogP contribution < -0.4 is 20.9 Å². The summed E-state index contributed by atoms with van der Waals surface area (Å²) in [6, 6.07) is 17.4. The summed E-state index contributed by atoms with van der Waals surface area (Å²) < 4.78 is 49.7. The summed E-state index contributed by atoms with van der Waals surface area (Å²) in [5, 5.41) is 8.53. The first-order valence-electron chi connectivity index (χ1n) is 12.6. The van der Waals surface area contributed by atoms with Gasteiger partial charge >= 0.3 is 18.0 Å². The van der Waals surface area contributed by atoms with E-state index in [1.165, 1.54) is 78.9 Å². The highest BCUT2D eigenvalue weighted by atomic mass is 19.3. The molecule has 0 aliphatic rings. The van der Waals surface area contributed by atoms with E-state index in [1.807, 2.05) is 6.07 Å². The first kappa shape index (κ1) is 30.4. The summed E-state index contributed by atoms with van der Waals surface area (Å²) in [6.45, 7) is 0.362. The summed E-state index contributed by atoms with van der Waals surface area (Å²) in [4.78, 5) is 24.0. The number of nitrogens with two attached hydrogens (primary N) is 2. The second-order valence-corrected chi connectivity index (χ2v) is 8.70. The zero-order chi connectivity index (χ0) is 29.7. The number of anilines is 2. The molecule has 0 saturated heterocycles. The van der Waals surface area contributed by atoms with E-state index in [0.717, 1.165) is 0 Å². The lowest BCUT2D eigenvalue weighted by atomic mass is 10.2. The van der Waals surface area contributed by atoms with Crippen LogP contribution in [0.4, 0.5) is 20.2 Å². The molecule has 0 fully saturated rings. The number of rotatable bonds is 14. The Hall–Kier alpha value is -5.11. The standard InChI is InChI=1S/C30H29F2N3O6/c31-30(32,23-7-11-26(12-8-23)38-15-2-1-14-33)41-27-9-4-21(5-10-27)6-13-28(36)39-16-3-17-40-29(37)22-18-24(34)20-25(35)19-22/h4-13,18-20H,1-3,15-17,34-35H2/b13-6+. The van der Waals surface area contributed by atoms with Crippen molar-refractivity contribution in [2.75, 3.05) is 31.3 Å². The Bertz CT molecular complexity index is 1370. The Morgan fingerprint density at radius 1 is 0.854 bits per heavy atom. The van der Waals surface area contributed by atoms with E-state index in [0.29, 0.717) is 42.1 Å². The molecule has 9 nitrogen and oxygen atoms in total. The van der Waals surface area contributed by atoms with Gasteiger partial charge in [0.2, 0.25) is 0 Å². The fraction of sp³-hybridized carbons (Fsp3) is 0.233. The largest absolute Gasteiger partial charge is 0.494 e. The van der Waals surface area contributed by atoms with Crippen LogP contribution >= 0.6 is 0 Å². The Morgan fingerprint density at radius 3 is 2.15 bits per heavy atom. The Labute approximate surface area is 235 Å². The van der Waals surface area contributed by atoms with Crippen molar-refractivity contribution in [1.82, 2.24) is 0 Å². The van der Waals surface area contributed by atoms with Gasteiger partial charge in [-0.2, -0.15) is 14.0 Å². The summed E-state index contributed by atoms with van der Waals surface area (Å²) in [6.07, 6.45) is 0.246. The molecule has 0 aliphatic heterocycles. The van der Waals surface area contributed by atoms with E-state index in [4.69, 9.17) is 35.7 Å². The molecule has 0 radical (unpaired) electrons. The van der Waals surface area contributed by atoms with Crippen LogP contribution in [0.15, 0.2) is 72.8 Å². The van der Waals surface area contributed by atoms with E-state index in [1.54, 1.807) is 0 Å². The van der Waals surface area contributed by atoms with Crippen molar-refractivity contribution >= 4 is 29.4 Å². The summed E-state index contributed by atoms with van der Waals surface area (Å²) in [5.41, 5.74) is 12.4. The Kier molecular flexibility index (Phi) is 11.0. The van der Waals surface area contributed by atoms with Crippen LogP contribution in [-0.4, -0.2) is 31.8 Å². The van der Waals surface area contributed by atoms with Crippen LogP contribution in [-0.2, 0) is 20.4 Å². The molecule has 41 heavy (non-hydrogen) atoms. The summed E-state index contributed by atoms with van der Waals surface area (Å²) in [5.74, 6) is -0.862. The molecular formula is C30H29F2N3O6. The van der Waals surface area contributed by atoms with Crippen molar-refractivity contribution in [2.45, 2.75) is 25.4 Å². The molecule has 4 N–H and O–H groups in total. The number of alkyl halides is 2. The van der Waals surface area contributed by atoms with E-state index < -0.39 is 18.0 Å². The maximum absolute atomic E-state index is 14.6. The van der Waals surface area contributed by atoms with Crippen molar-refractivity contribution in [3.63, 3.8) is 0 Å². The smallest absolute Gasteiger partial charge is 0.426 e. The van der Waals surface area contributed by atoms with E-state index in [-0.39, 0.29) is 36.5 Å². The highest BCUT2D eigenvalue weighted by Crippen LogP contribution is 2.32. The molecule has 3 aromatic rings. The van der Waals surface area contributed by atoms with Gasteiger partial charge in [0.1, 0.15) is 11.5 Å². The minimum absolute atomic E-state index is 0.0195. The van der Waals surface area contributed by atoms with Crippen molar-refractivity contribution in [1.29, 1.82) is 5.26 Å². The van der Waals surface area contributed by atoms with Gasteiger partial charge in [0.05, 0.1) is 37.0 Å². The van der Waals surface area contributed by atoms with Gasteiger partial charge in [-0.15, -0.1) is 0 Å². The number of esters is 2. The molecule has 0 aliphatic carbocycles. The number of ether oxygens (including phenoxy) is 4. The molecule has 0 bridgehead atoms. The highest BCUT2D eigenvalue weighted by molar-refractivity contribution is 5.91. The highest BCUT2D eigenvalue weighted by Gasteiger charge is 2.34. The molecule has 0 saturated carbocycles. The molecule has 0 heterocycles. The van der Waals surface area contributed by atoms with Crippen molar-refractivity contribution in [3.8, 4) is 17.6 Å². The third-order valence-electron chi connectivity index (χ3n) is 5.41. The topological polar surface area (TPSA) is 147 Å². The van der Waals surface area contributed by atoms with Gasteiger partial charge < -0.3 is 30.4 Å². The van der Waals surface area contributed by atoms with Gasteiger partial charge in [0.25, 0.3) is 0 Å². The third kappa shape index (κ3) is 10.2. The number of hydrogen-bond acceptors (Lipinski definition) is 9. The molecule has 0 amide bonds. The lowest BCUT2D eigenvalue weighted by Crippen LogP contribution is -2.21. The number of hydrogen-bond donors (Lipinski definition) is 2. The first-order valence-corrected chi connectivity index (χ1v) is 12.6. The minimum Gasteiger partial charge on any atom is -0.494 e. The molecule has 0 unspecified atom stereocenters. The zero-order valence-electron chi connectivity index (χ0n) is 22.1. The summed E-state index contributed by atoms with van der Waals surface area (Å²) in [7, 11) is 0. The van der Waals surface area contributed by atoms with Gasteiger partial charge in [-0.3, -0.25) is 0 Å². The monoisotopic (exact) mass is 565 g/mol. The molecule has 3 rings (SSSR count). The SMILES string of the molecule is N#CCCCOc1ccc(C(F)(F)Oc2ccc(/C=C/C(=O)OCCCOC(=O)c3cc(N)cc(N)c3)cc2)cc1. The second-order valence-electron chi connectivity index (χ2n) is 8.70. The molecule has 11 heteroatoms. The Balaban J connectivity index is 1.39. The lowest BCUT2D eigenvalue weighted by molar-refractivity contribution is -0.185. The fourth-order valence-corrected chi connectivity index (χ4v) is 3.43. The normalized spacial score (nSPS) is 11.0. The maximum Gasteiger partial charge on any atom is 0.426 e.